The molecule has 0 aliphatic heterocycles. The summed E-state index contributed by atoms with van der Waals surface area (Å²) in [7, 11) is 0. The van der Waals surface area contributed by atoms with Gasteiger partial charge in [-0.05, 0) is 5.18 Å². The normalized spacial score (nSPS) is 9.43. The third kappa shape index (κ3) is 1.80. The molecule has 0 saturated heterocycles. The zero-order valence-corrected chi connectivity index (χ0v) is 9.65. The minimum atomic E-state index is -0.339. The summed E-state index contributed by atoms with van der Waals surface area (Å²) in [5.74, 6) is -0.339. The van der Waals surface area contributed by atoms with Crippen LogP contribution in [0.3, 0.4) is 0 Å². The summed E-state index contributed by atoms with van der Waals surface area (Å²) in [5, 5.41) is 15.3. The Morgan fingerprint density at radius 1 is 1.29 bits per heavy atom. The molecule has 0 bridgehead atoms. The Morgan fingerprint density at radius 2 is 2.07 bits per heavy atom. The molecule has 0 unspecified atom stereocenters. The molecule has 2 aromatic rings. The van der Waals surface area contributed by atoms with Gasteiger partial charge in [0.05, 0.1) is 5.69 Å². The van der Waals surface area contributed by atoms with Crippen LogP contribution in [-0.4, -0.2) is 0 Å². The minimum absolute atomic E-state index is 0. The van der Waals surface area contributed by atoms with Crippen molar-refractivity contribution in [1.29, 1.82) is 0 Å². The van der Waals surface area contributed by atoms with E-state index in [0.29, 0.717) is 5.39 Å². The molecule has 0 N–H and O–H groups in total. The van der Waals surface area contributed by atoms with Crippen LogP contribution in [0, 0.1) is 11.0 Å². The van der Waals surface area contributed by atoms with Gasteiger partial charge in [0, 0.05) is 0 Å². The summed E-state index contributed by atoms with van der Waals surface area (Å²) in [6.45, 7) is 0. The number of nitroso groups, excluding NO2 is 1. The first-order valence-electron chi connectivity index (χ1n) is 3.76. The number of fused-ring (bicyclic) bond motifs is 1. The molecule has 3 nitrogen and oxygen atoms in total. The van der Waals surface area contributed by atoms with Crippen LogP contribution in [0.5, 0.6) is 5.75 Å². The van der Waals surface area contributed by atoms with Crippen LogP contribution in [0.15, 0.2) is 35.5 Å². The summed E-state index contributed by atoms with van der Waals surface area (Å²) >= 11 is 0. The number of hydrogen-bond acceptors (Lipinski definition) is 3. The summed E-state index contributed by atoms with van der Waals surface area (Å²) in [4.78, 5) is 10.4. The van der Waals surface area contributed by atoms with Crippen molar-refractivity contribution >= 4 is 16.5 Å². The van der Waals surface area contributed by atoms with Gasteiger partial charge < -0.3 is 5.11 Å². The van der Waals surface area contributed by atoms with Crippen LogP contribution in [0.25, 0.3) is 10.8 Å². The first kappa shape index (κ1) is 11.2. The van der Waals surface area contributed by atoms with Crippen LogP contribution in [0.4, 0.5) is 5.69 Å². The van der Waals surface area contributed by atoms with E-state index in [1.54, 1.807) is 24.3 Å². The van der Waals surface area contributed by atoms with Crippen LogP contribution in [0.1, 0.15) is 0 Å². The monoisotopic (exact) mass is 194 g/mol. The van der Waals surface area contributed by atoms with Crippen molar-refractivity contribution in [1.82, 2.24) is 0 Å². The van der Waals surface area contributed by atoms with Crippen LogP contribution in [-0.2, 0) is 0 Å². The number of hydrogen-bond donors (Lipinski definition) is 0. The van der Waals surface area contributed by atoms with E-state index in [9.17, 15) is 10.0 Å². The first-order chi connectivity index (χ1) is 6.33. The Balaban J connectivity index is 0.000000980. The number of nitrogens with zero attached hydrogens (tertiary/aromatic N) is 1. The van der Waals surface area contributed by atoms with Crippen molar-refractivity contribution in [3.8, 4) is 5.75 Å². The van der Waals surface area contributed by atoms with Crippen molar-refractivity contribution in [3.63, 3.8) is 0 Å². The fraction of sp³-hybridized carbons (Fsp3) is 0. The Labute approximate surface area is 103 Å². The standard InChI is InChI=1S/C10H6NO2.Na/c12-9-6-5-7-3-1-2-4-8(7)10(9)11-13;/h2-6,12H;/q-1;+1/p-1. The fourth-order valence-electron chi connectivity index (χ4n) is 1.27. The number of benzene rings is 2. The van der Waals surface area contributed by atoms with Crippen molar-refractivity contribution in [2.45, 2.75) is 0 Å². The average Bonchev–Trinajstić information content (AvgIpc) is 2.18. The molecule has 2 aromatic carbocycles. The molecule has 0 aromatic heterocycles. The summed E-state index contributed by atoms with van der Waals surface area (Å²) in [6, 6.07) is 10.9. The van der Waals surface area contributed by atoms with Gasteiger partial charge >= 0.3 is 29.6 Å². The molecule has 0 aliphatic carbocycles. The van der Waals surface area contributed by atoms with E-state index in [0.717, 1.165) is 5.39 Å². The second kappa shape index (κ2) is 4.55. The maximum Gasteiger partial charge on any atom is 1.00 e. The molecule has 0 fully saturated rings. The SMILES string of the molecule is O=Nc1c([O-])ccc2c[c-]ccc12.[Na+]. The van der Waals surface area contributed by atoms with Crippen molar-refractivity contribution < 1.29 is 34.7 Å². The van der Waals surface area contributed by atoms with Gasteiger partial charge in [-0.25, -0.2) is 0 Å². The third-order valence-electron chi connectivity index (χ3n) is 1.89. The first-order valence-corrected chi connectivity index (χ1v) is 3.76. The quantitative estimate of drug-likeness (QED) is 0.336. The fourth-order valence-corrected chi connectivity index (χ4v) is 1.27. The maximum absolute atomic E-state index is 11.2. The molecular weight excluding hydrogens is 189 g/mol. The summed E-state index contributed by atoms with van der Waals surface area (Å²) in [6.07, 6.45) is 0. The Kier molecular flexibility index (Phi) is 3.63. The molecule has 2 rings (SSSR count). The molecule has 0 amide bonds. The van der Waals surface area contributed by atoms with Crippen molar-refractivity contribution in [2.75, 3.05) is 0 Å². The van der Waals surface area contributed by atoms with Crippen molar-refractivity contribution in [3.05, 3.63) is 41.3 Å². The molecule has 0 saturated carbocycles. The predicted octanol–water partition coefficient (Wildman–Crippen LogP) is -0.885. The Bertz CT molecular complexity index is 471. The Hall–Kier alpha value is -0.900. The van der Waals surface area contributed by atoms with E-state index in [4.69, 9.17) is 0 Å². The van der Waals surface area contributed by atoms with E-state index in [1.165, 1.54) is 6.07 Å². The van der Waals surface area contributed by atoms with Crippen LogP contribution < -0.4 is 34.7 Å². The van der Waals surface area contributed by atoms with Crippen LogP contribution >= 0.6 is 0 Å². The minimum Gasteiger partial charge on any atom is -0.871 e. The molecular formula is C10H5NNaO2-. The van der Waals surface area contributed by atoms with E-state index < -0.39 is 0 Å². The van der Waals surface area contributed by atoms with Gasteiger partial charge in [-0.3, -0.25) is 0 Å². The zero-order valence-electron chi connectivity index (χ0n) is 7.65. The van der Waals surface area contributed by atoms with E-state index >= 15 is 0 Å². The van der Waals surface area contributed by atoms with E-state index in [2.05, 4.69) is 11.2 Å². The van der Waals surface area contributed by atoms with Gasteiger partial charge in [-0.1, -0.05) is 17.2 Å². The largest absolute Gasteiger partial charge is 1.00 e. The van der Waals surface area contributed by atoms with Gasteiger partial charge in [0.2, 0.25) is 0 Å². The zero-order chi connectivity index (χ0) is 9.26. The molecule has 0 spiro atoms. The second-order valence-corrected chi connectivity index (χ2v) is 2.65. The van der Waals surface area contributed by atoms with Gasteiger partial charge in [-0.2, -0.15) is 24.3 Å². The topological polar surface area (TPSA) is 52.5 Å². The predicted molar refractivity (Wildman–Crippen MR) is 47.7 cm³/mol. The summed E-state index contributed by atoms with van der Waals surface area (Å²) < 4.78 is 0. The maximum atomic E-state index is 11.2. The van der Waals surface area contributed by atoms with E-state index in [1.807, 2.05) is 0 Å². The van der Waals surface area contributed by atoms with Gasteiger partial charge in [0.25, 0.3) is 0 Å². The third-order valence-corrected chi connectivity index (χ3v) is 1.89. The molecule has 0 radical (unpaired) electrons. The van der Waals surface area contributed by atoms with Gasteiger partial charge in [-0.15, -0.1) is 16.4 Å². The molecule has 0 heterocycles. The molecule has 64 valence electrons. The second-order valence-electron chi connectivity index (χ2n) is 2.65. The van der Waals surface area contributed by atoms with E-state index in [-0.39, 0.29) is 41.0 Å². The van der Waals surface area contributed by atoms with Crippen molar-refractivity contribution in [2.24, 2.45) is 5.18 Å². The molecule has 4 heteroatoms. The smallest absolute Gasteiger partial charge is 0.871 e. The Morgan fingerprint density at radius 3 is 2.79 bits per heavy atom. The summed E-state index contributed by atoms with van der Waals surface area (Å²) in [5.41, 5.74) is -0.0218. The van der Waals surface area contributed by atoms with Gasteiger partial charge in [0.1, 0.15) is 0 Å². The number of rotatable bonds is 1. The molecule has 0 atom stereocenters. The molecule has 0 aliphatic rings. The van der Waals surface area contributed by atoms with Crippen LogP contribution in [0.2, 0.25) is 0 Å². The average molecular weight is 194 g/mol. The molecule has 14 heavy (non-hydrogen) atoms. The van der Waals surface area contributed by atoms with Gasteiger partial charge in [0.15, 0.2) is 0 Å².